The third kappa shape index (κ3) is 6.20. The first-order chi connectivity index (χ1) is 22.0. The van der Waals surface area contributed by atoms with E-state index in [-0.39, 0.29) is 12.3 Å². The Labute approximate surface area is 273 Å². The molecule has 1 aromatic heterocycles. The second kappa shape index (κ2) is 12.8. The number of anilines is 2. The number of aromatic nitrogens is 2. The fourth-order valence-corrected chi connectivity index (χ4v) is 6.69. The zero-order valence-electron chi connectivity index (χ0n) is 26.8. The van der Waals surface area contributed by atoms with Crippen molar-refractivity contribution in [2.24, 2.45) is 7.05 Å². The second-order valence-electron chi connectivity index (χ2n) is 12.3. The average Bonchev–Trinajstić information content (AvgIpc) is 3.58. The number of carboxylic acids is 1. The van der Waals surface area contributed by atoms with E-state index in [1.807, 2.05) is 66.9 Å². The number of halogens is 1. The Bertz CT molecular complexity index is 1840. The smallest absolute Gasteiger partial charge is 0.304 e. The molecule has 11 heteroatoms. The van der Waals surface area contributed by atoms with Gasteiger partial charge in [-0.1, -0.05) is 41.9 Å². The van der Waals surface area contributed by atoms with Crippen LogP contribution in [0.4, 0.5) is 11.4 Å². The van der Waals surface area contributed by atoms with Gasteiger partial charge in [-0.05, 0) is 74.0 Å². The molecule has 0 bridgehead atoms. The Balaban J connectivity index is 1.22. The lowest BCUT2D eigenvalue weighted by Gasteiger charge is -2.21. The van der Waals surface area contributed by atoms with Crippen LogP contribution in [0.2, 0.25) is 5.02 Å². The SMILES string of the molecule is Cc1c(NC(=O)c2nc3c(n2C)CCN(C)C3)cccc1-c1cccc(C2Nc3cc(CN(C)CCC(=O)O)cc(Cl)c3O2)c1C. The van der Waals surface area contributed by atoms with E-state index in [0.717, 1.165) is 75.7 Å². The van der Waals surface area contributed by atoms with E-state index in [1.54, 1.807) is 0 Å². The fraction of sp³-hybridized carbons (Fsp3) is 0.343. The molecule has 0 radical (unpaired) electrons. The Morgan fingerprint density at radius 3 is 2.63 bits per heavy atom. The Hall–Kier alpha value is -4.38. The van der Waals surface area contributed by atoms with Gasteiger partial charge in [0.25, 0.3) is 5.91 Å². The predicted molar refractivity (Wildman–Crippen MR) is 180 cm³/mol. The van der Waals surface area contributed by atoms with Crippen molar-refractivity contribution in [3.8, 4) is 16.9 Å². The van der Waals surface area contributed by atoms with Gasteiger partial charge >= 0.3 is 5.97 Å². The number of hydrogen-bond donors (Lipinski definition) is 3. The van der Waals surface area contributed by atoms with Gasteiger partial charge in [0.15, 0.2) is 17.8 Å². The second-order valence-corrected chi connectivity index (χ2v) is 12.7. The van der Waals surface area contributed by atoms with E-state index in [2.05, 4.69) is 46.6 Å². The molecule has 2 aliphatic heterocycles. The summed E-state index contributed by atoms with van der Waals surface area (Å²) in [5.41, 5.74) is 9.61. The number of ether oxygens (including phenoxy) is 1. The highest BCUT2D eigenvalue weighted by Crippen LogP contribution is 2.45. The van der Waals surface area contributed by atoms with Gasteiger partial charge in [-0.3, -0.25) is 9.59 Å². The number of nitrogens with one attached hydrogen (secondary N) is 2. The highest BCUT2D eigenvalue weighted by molar-refractivity contribution is 6.32. The summed E-state index contributed by atoms with van der Waals surface area (Å²) in [5.74, 6) is -0.0364. The number of likely N-dealkylation sites (N-methyl/N-ethyl adjacent to an activating group) is 1. The number of imidazole rings is 1. The van der Waals surface area contributed by atoms with Gasteiger partial charge in [-0.25, -0.2) is 4.98 Å². The van der Waals surface area contributed by atoms with Gasteiger partial charge in [-0.15, -0.1) is 0 Å². The number of carbonyl (C=O) groups is 2. The molecule has 46 heavy (non-hydrogen) atoms. The number of benzene rings is 3. The molecule has 3 aromatic carbocycles. The lowest BCUT2D eigenvalue weighted by Crippen LogP contribution is -2.27. The summed E-state index contributed by atoms with van der Waals surface area (Å²) in [7, 11) is 5.87. The van der Waals surface area contributed by atoms with Gasteiger partial charge in [0.05, 0.1) is 22.8 Å². The van der Waals surface area contributed by atoms with Gasteiger partial charge in [0.1, 0.15) is 0 Å². The maximum atomic E-state index is 13.4. The molecule has 3 heterocycles. The third-order valence-corrected chi connectivity index (χ3v) is 9.25. The number of nitrogens with zero attached hydrogens (tertiary/aromatic N) is 4. The number of carbonyl (C=O) groups excluding carboxylic acids is 1. The van der Waals surface area contributed by atoms with Crippen molar-refractivity contribution >= 4 is 34.9 Å². The van der Waals surface area contributed by atoms with Crippen LogP contribution in [0.1, 0.15) is 56.9 Å². The number of carboxylic acid groups (broad SMARTS) is 1. The highest BCUT2D eigenvalue weighted by atomic mass is 35.5. The van der Waals surface area contributed by atoms with Crippen molar-refractivity contribution in [2.45, 2.75) is 46.0 Å². The van der Waals surface area contributed by atoms with Crippen LogP contribution in [0.3, 0.4) is 0 Å². The number of aliphatic carboxylic acids is 1. The van der Waals surface area contributed by atoms with Crippen molar-refractivity contribution in [3.05, 3.63) is 93.0 Å². The molecule has 10 nitrogen and oxygen atoms in total. The number of hydrogen-bond acceptors (Lipinski definition) is 7. The first kappa shape index (κ1) is 31.6. The first-order valence-electron chi connectivity index (χ1n) is 15.4. The molecular formula is C35H39ClN6O4. The van der Waals surface area contributed by atoms with Crippen LogP contribution in [0.25, 0.3) is 11.1 Å². The highest BCUT2D eigenvalue weighted by Gasteiger charge is 2.29. The maximum absolute atomic E-state index is 13.4. The zero-order valence-corrected chi connectivity index (χ0v) is 27.5. The molecule has 0 saturated heterocycles. The molecule has 240 valence electrons. The van der Waals surface area contributed by atoms with Crippen molar-refractivity contribution in [1.29, 1.82) is 0 Å². The van der Waals surface area contributed by atoms with E-state index in [1.165, 1.54) is 0 Å². The van der Waals surface area contributed by atoms with Gasteiger partial charge < -0.3 is 34.8 Å². The summed E-state index contributed by atoms with van der Waals surface area (Å²) in [5, 5.41) is 16.1. The summed E-state index contributed by atoms with van der Waals surface area (Å²) < 4.78 is 8.26. The average molecular weight is 643 g/mol. The first-order valence-corrected chi connectivity index (χ1v) is 15.8. The van der Waals surface area contributed by atoms with Crippen LogP contribution in [-0.4, -0.2) is 63.5 Å². The largest absolute Gasteiger partial charge is 0.481 e. The third-order valence-electron chi connectivity index (χ3n) is 8.97. The van der Waals surface area contributed by atoms with Crippen LogP contribution < -0.4 is 15.4 Å². The summed E-state index contributed by atoms with van der Waals surface area (Å²) in [6.45, 7) is 6.78. The maximum Gasteiger partial charge on any atom is 0.304 e. The van der Waals surface area contributed by atoms with Crippen LogP contribution in [0, 0.1) is 13.8 Å². The molecule has 0 spiro atoms. The molecule has 1 amide bonds. The molecule has 0 saturated carbocycles. The molecule has 0 fully saturated rings. The van der Waals surface area contributed by atoms with Crippen LogP contribution in [-0.2, 0) is 31.4 Å². The molecule has 0 aliphatic carbocycles. The van der Waals surface area contributed by atoms with E-state index >= 15 is 0 Å². The van der Waals surface area contributed by atoms with Crippen molar-refractivity contribution in [3.63, 3.8) is 0 Å². The van der Waals surface area contributed by atoms with Crippen LogP contribution >= 0.6 is 11.6 Å². The topological polar surface area (TPSA) is 112 Å². The van der Waals surface area contributed by atoms with Gasteiger partial charge in [0, 0.05) is 56.6 Å². The minimum atomic E-state index is -0.822. The molecule has 6 rings (SSSR count). The van der Waals surface area contributed by atoms with Crippen molar-refractivity contribution in [2.75, 3.05) is 37.8 Å². The van der Waals surface area contributed by atoms with Crippen molar-refractivity contribution < 1.29 is 19.4 Å². The summed E-state index contributed by atoms with van der Waals surface area (Å²) in [6.07, 6.45) is 0.507. The lowest BCUT2D eigenvalue weighted by atomic mass is 9.92. The van der Waals surface area contributed by atoms with E-state index < -0.39 is 12.2 Å². The standard InChI is InChI=1S/C35H39ClN6O4/c1-20-23(24-9-7-11-27(21(24)2)38-34(45)33-37-29-19-41(4)14-12-30(29)42(33)5)8-6-10-25(20)35-39-28-17-22(16-26(36)32(28)46-35)18-40(3)15-13-31(43)44/h6-11,16-17,35,39H,12-15,18-19H2,1-5H3,(H,38,45)(H,43,44). The number of rotatable bonds is 9. The molecule has 3 N–H and O–H groups in total. The summed E-state index contributed by atoms with van der Waals surface area (Å²) >= 11 is 6.65. The van der Waals surface area contributed by atoms with E-state index in [0.29, 0.717) is 29.7 Å². The molecule has 4 aromatic rings. The number of amides is 1. The van der Waals surface area contributed by atoms with Crippen LogP contribution in [0.15, 0.2) is 48.5 Å². The Morgan fingerprint density at radius 1 is 1.13 bits per heavy atom. The van der Waals surface area contributed by atoms with Gasteiger partial charge in [-0.2, -0.15) is 0 Å². The molecule has 2 aliphatic rings. The minimum absolute atomic E-state index is 0.0762. The predicted octanol–water partition coefficient (Wildman–Crippen LogP) is 6.01. The summed E-state index contributed by atoms with van der Waals surface area (Å²) in [6, 6.07) is 15.9. The fourth-order valence-electron chi connectivity index (χ4n) is 6.41. The van der Waals surface area contributed by atoms with Crippen LogP contribution in [0.5, 0.6) is 5.75 Å². The molecule has 1 atom stereocenters. The van der Waals surface area contributed by atoms with E-state index in [9.17, 15) is 9.59 Å². The molecule has 1 unspecified atom stereocenters. The lowest BCUT2D eigenvalue weighted by molar-refractivity contribution is -0.137. The number of fused-ring (bicyclic) bond motifs is 2. The normalized spacial score (nSPS) is 15.7. The molecular weight excluding hydrogens is 604 g/mol. The Morgan fingerprint density at radius 2 is 1.87 bits per heavy atom. The Kier molecular flexibility index (Phi) is 8.78. The quantitative estimate of drug-likeness (QED) is 0.204. The van der Waals surface area contributed by atoms with Gasteiger partial charge in [0.2, 0.25) is 0 Å². The zero-order chi connectivity index (χ0) is 32.7. The minimum Gasteiger partial charge on any atom is -0.481 e. The van der Waals surface area contributed by atoms with Crippen molar-refractivity contribution in [1.82, 2.24) is 19.4 Å². The monoisotopic (exact) mass is 642 g/mol. The van der Waals surface area contributed by atoms with E-state index in [4.69, 9.17) is 21.4 Å². The summed E-state index contributed by atoms with van der Waals surface area (Å²) in [4.78, 5) is 33.3.